The Bertz CT molecular complexity index is 2320. The lowest BCUT2D eigenvalue weighted by Gasteiger charge is -2.40. The van der Waals surface area contributed by atoms with Crippen molar-refractivity contribution in [3.63, 3.8) is 0 Å². The summed E-state index contributed by atoms with van der Waals surface area (Å²) in [6.45, 7) is 15.2. The second kappa shape index (κ2) is 17.9. The fourth-order valence-corrected chi connectivity index (χ4v) is 8.72. The number of methoxy groups -OCH3 is 1. The van der Waals surface area contributed by atoms with Gasteiger partial charge in [-0.1, -0.05) is 51.1 Å². The monoisotopic (exact) mass is 859 g/mol. The predicted molar refractivity (Wildman–Crippen MR) is 229 cm³/mol. The van der Waals surface area contributed by atoms with Crippen molar-refractivity contribution in [2.75, 3.05) is 18.0 Å². The van der Waals surface area contributed by atoms with Crippen LogP contribution >= 0.6 is 0 Å². The van der Waals surface area contributed by atoms with Crippen LogP contribution in [0.4, 0.5) is 16.2 Å². The van der Waals surface area contributed by atoms with Crippen LogP contribution < -0.4 is 13.5 Å². The molecule has 0 bridgehead atoms. The first kappa shape index (κ1) is 45.3. The van der Waals surface area contributed by atoms with E-state index in [4.69, 9.17) is 18.6 Å². The third-order valence-corrected chi connectivity index (χ3v) is 16.7. The van der Waals surface area contributed by atoms with E-state index in [1.807, 2.05) is 64.2 Å². The zero-order valence-electron chi connectivity index (χ0n) is 35.5. The maximum absolute atomic E-state index is 14.8. The molecule has 5 rings (SSSR count). The molecule has 16 heteroatoms. The lowest BCUT2D eigenvalue weighted by Crippen LogP contribution is -2.50. The summed E-state index contributed by atoms with van der Waals surface area (Å²) in [5, 5.41) is 11.2. The molecule has 14 nitrogen and oxygen atoms in total. The molecule has 0 saturated carbocycles. The highest BCUT2D eigenvalue weighted by atomic mass is 32.2. The molecule has 0 unspecified atom stereocenters. The van der Waals surface area contributed by atoms with Gasteiger partial charge in [-0.3, -0.25) is 24.1 Å². The number of ether oxygens (including phenoxy) is 3. The minimum absolute atomic E-state index is 0.0440. The number of benzene rings is 4. The summed E-state index contributed by atoms with van der Waals surface area (Å²) >= 11 is 0. The molecule has 0 aromatic heterocycles. The van der Waals surface area contributed by atoms with Crippen LogP contribution in [0.3, 0.4) is 0 Å². The van der Waals surface area contributed by atoms with E-state index in [-0.39, 0.29) is 58.8 Å². The van der Waals surface area contributed by atoms with Gasteiger partial charge in [0.1, 0.15) is 29.7 Å². The number of nitrogens with zero attached hydrogens (tertiary/aromatic N) is 3. The molecule has 0 spiro atoms. The van der Waals surface area contributed by atoms with Crippen molar-refractivity contribution >= 4 is 47.6 Å². The van der Waals surface area contributed by atoms with Crippen molar-refractivity contribution in [3.05, 3.63) is 123 Å². The average molecular weight is 860 g/mol. The van der Waals surface area contributed by atoms with Gasteiger partial charge in [0.05, 0.1) is 29.2 Å². The van der Waals surface area contributed by atoms with Gasteiger partial charge in [0, 0.05) is 37.1 Å². The number of anilines is 1. The number of non-ortho nitro benzene ring substituents is 1. The number of rotatable bonds is 14. The topological polar surface area (TPSA) is 172 Å². The summed E-state index contributed by atoms with van der Waals surface area (Å²) in [6, 6.07) is 22.9. The number of hydrogen-bond donors (Lipinski definition) is 0. The second-order valence-electron chi connectivity index (χ2n) is 17.1. The van der Waals surface area contributed by atoms with Crippen LogP contribution in [0.25, 0.3) is 0 Å². The summed E-state index contributed by atoms with van der Waals surface area (Å²) in [4.78, 5) is 52.4. The quantitative estimate of drug-likeness (QED) is 0.0390. The highest BCUT2D eigenvalue weighted by Crippen LogP contribution is 2.44. The van der Waals surface area contributed by atoms with Crippen molar-refractivity contribution in [2.24, 2.45) is 0 Å². The molecule has 0 aliphatic carbocycles. The van der Waals surface area contributed by atoms with E-state index in [1.165, 1.54) is 12.0 Å². The van der Waals surface area contributed by atoms with Crippen molar-refractivity contribution in [1.29, 1.82) is 0 Å². The third kappa shape index (κ3) is 10.7. The number of sulfonamides is 1. The summed E-state index contributed by atoms with van der Waals surface area (Å²) < 4.78 is 54.2. The predicted octanol–water partition coefficient (Wildman–Crippen LogP) is 8.86. The van der Waals surface area contributed by atoms with E-state index in [1.54, 1.807) is 57.2 Å². The number of carbonyl (C=O) groups excluding carboxylic acids is 3. The average Bonchev–Trinajstić information content (AvgIpc) is 3.18. The molecule has 4 aromatic rings. The molecule has 0 N–H and O–H groups in total. The Morgan fingerprint density at radius 1 is 0.900 bits per heavy atom. The number of nitro benzene ring substituents is 1. The Morgan fingerprint density at radius 3 is 2.10 bits per heavy atom. The zero-order chi connectivity index (χ0) is 44.2. The normalized spacial score (nSPS) is 14.4. The number of nitro groups is 1. The largest absolute Gasteiger partial charge is 0.542 e. The molecule has 4 aromatic carbocycles. The minimum Gasteiger partial charge on any atom is -0.542 e. The molecule has 1 aliphatic rings. The Hall–Kier alpha value is -5.74. The van der Waals surface area contributed by atoms with Crippen LogP contribution in [-0.2, 0) is 43.9 Å². The number of hydrogen-bond acceptors (Lipinski definition) is 11. The fourth-order valence-electron chi connectivity index (χ4n) is 6.23. The molecule has 1 atom stereocenters. The van der Waals surface area contributed by atoms with Gasteiger partial charge >= 0.3 is 12.1 Å². The number of esters is 1. The molecule has 60 heavy (non-hydrogen) atoms. The number of amides is 1. The van der Waals surface area contributed by atoms with Gasteiger partial charge in [-0.2, -0.15) is 0 Å². The molecule has 1 amide bonds. The molecular formula is C44H53N3O11SSi. The molecule has 0 fully saturated rings. The number of Topliss-reactive ketones (excluding diaryl/α,β-unsaturated/α-hetero) is 1. The molecule has 0 saturated heterocycles. The third-order valence-electron chi connectivity index (χ3n) is 10.6. The van der Waals surface area contributed by atoms with E-state index >= 15 is 0 Å². The summed E-state index contributed by atoms with van der Waals surface area (Å²) in [5.41, 5.74) is 1.39. The second-order valence-corrected chi connectivity index (χ2v) is 23.7. The van der Waals surface area contributed by atoms with E-state index in [0.29, 0.717) is 29.0 Å². The highest BCUT2D eigenvalue weighted by Gasteiger charge is 2.43. The number of ketones is 1. The van der Waals surface area contributed by atoms with Gasteiger partial charge in [-0.25, -0.2) is 18.0 Å². The van der Waals surface area contributed by atoms with Crippen molar-refractivity contribution < 1.29 is 46.4 Å². The smallest absolute Gasteiger partial charge is 0.411 e. The van der Waals surface area contributed by atoms with Crippen LogP contribution in [0.15, 0.2) is 95.9 Å². The number of fused-ring (bicyclic) bond motifs is 1. The lowest BCUT2D eigenvalue weighted by atomic mass is 9.93. The van der Waals surface area contributed by atoms with E-state index in [2.05, 4.69) is 0 Å². The van der Waals surface area contributed by atoms with Gasteiger partial charge < -0.3 is 18.6 Å². The molecule has 1 heterocycles. The lowest BCUT2D eigenvalue weighted by molar-refractivity contribution is -0.384. The molecule has 320 valence electrons. The zero-order valence-corrected chi connectivity index (χ0v) is 37.3. The van der Waals surface area contributed by atoms with E-state index < -0.39 is 47.0 Å². The van der Waals surface area contributed by atoms with Crippen LogP contribution in [-0.4, -0.2) is 69.7 Å². The van der Waals surface area contributed by atoms with E-state index in [9.17, 15) is 32.9 Å². The summed E-state index contributed by atoms with van der Waals surface area (Å²) in [6.07, 6.45) is -1.03. The van der Waals surface area contributed by atoms with Crippen molar-refractivity contribution in [2.45, 2.75) is 102 Å². The van der Waals surface area contributed by atoms with E-state index in [0.717, 1.165) is 34.1 Å². The van der Waals surface area contributed by atoms with Crippen LogP contribution in [0.1, 0.15) is 75.0 Å². The standard InChI is InChI=1S/C44H53N3O11SSi/c1-43(2,3)57-42(50)45-28-33-27-40(58-60(8,9)44(4,5)6)37(25-32(33)26-38(45)41(49)55-7)46(59(53,54)36-21-17-34(18-22-36)47(51)52)24-23-39(48)31-15-19-35(20-16-31)56-29-30-13-11-10-12-14-30/h10-22,25,27,38H,23-24,26,28-29H2,1-9H3/t38-/m0/s1. The SMILES string of the molecule is COC(=O)[C@@H]1Cc2cc(N(CCC(=O)c3ccc(OCc4ccccc4)cc3)S(=O)(=O)c3ccc([N+](=O)[O-])cc3)c(O[Si](C)(C)C(C)(C)C)cc2CN1C(=O)OC(C)(C)C. The van der Waals surface area contributed by atoms with Gasteiger partial charge in [-0.15, -0.1) is 0 Å². The van der Waals surface area contributed by atoms with Gasteiger partial charge in [0.2, 0.25) is 0 Å². The Morgan fingerprint density at radius 2 is 1.53 bits per heavy atom. The fraction of sp³-hybridized carbons (Fsp3) is 0.386. The maximum atomic E-state index is 14.8. The van der Waals surface area contributed by atoms with Crippen LogP contribution in [0, 0.1) is 10.1 Å². The molecule has 0 radical (unpaired) electrons. The van der Waals surface area contributed by atoms with Crippen LogP contribution in [0.5, 0.6) is 11.5 Å². The summed E-state index contributed by atoms with van der Waals surface area (Å²) in [5.74, 6) is -0.294. The Kier molecular flexibility index (Phi) is 13.5. The molecule has 1 aliphatic heterocycles. The van der Waals surface area contributed by atoms with Gasteiger partial charge in [-0.05, 0) is 104 Å². The van der Waals surface area contributed by atoms with Crippen molar-refractivity contribution in [1.82, 2.24) is 4.90 Å². The number of carbonyl (C=O) groups is 3. The highest BCUT2D eigenvalue weighted by molar-refractivity contribution is 7.92. The first-order valence-corrected chi connectivity index (χ1v) is 23.8. The van der Waals surface area contributed by atoms with Gasteiger partial charge in [0.15, 0.2) is 5.78 Å². The first-order valence-electron chi connectivity index (χ1n) is 19.5. The Labute approximate surface area is 352 Å². The molecular weight excluding hydrogens is 807 g/mol. The minimum atomic E-state index is -4.54. The van der Waals surface area contributed by atoms with Gasteiger partial charge in [0.25, 0.3) is 24.0 Å². The van der Waals surface area contributed by atoms with Crippen molar-refractivity contribution in [3.8, 4) is 11.5 Å². The van der Waals surface area contributed by atoms with Crippen LogP contribution in [0.2, 0.25) is 18.1 Å². The Balaban J connectivity index is 1.59. The first-order chi connectivity index (χ1) is 28.0. The summed E-state index contributed by atoms with van der Waals surface area (Å²) in [7, 11) is -6.04. The maximum Gasteiger partial charge on any atom is 0.411 e.